The van der Waals surface area contributed by atoms with Crippen molar-refractivity contribution >= 4 is 58.3 Å². The molecule has 2 aromatic carbocycles. The molecule has 0 spiro atoms. The Kier molecular flexibility index (Phi) is 11.4. The van der Waals surface area contributed by atoms with E-state index in [1.807, 2.05) is 26.0 Å². The van der Waals surface area contributed by atoms with Crippen LogP contribution >= 0.6 is 46.7 Å². The van der Waals surface area contributed by atoms with E-state index in [0.717, 1.165) is 35.5 Å². The van der Waals surface area contributed by atoms with E-state index in [2.05, 4.69) is 13.8 Å². The Hall–Kier alpha value is -1.60. The van der Waals surface area contributed by atoms with Crippen molar-refractivity contribution in [2.75, 3.05) is 0 Å². The van der Waals surface area contributed by atoms with E-state index in [-0.39, 0.29) is 23.8 Å². The fraction of sp³-hybridized carbons (Fsp3) is 0.500. The van der Waals surface area contributed by atoms with Crippen molar-refractivity contribution in [2.24, 2.45) is 0 Å². The molecule has 4 rings (SSSR count). The van der Waals surface area contributed by atoms with Gasteiger partial charge in [0, 0.05) is 20.9 Å². The number of hydrogen-bond acceptors (Lipinski definition) is 6. The van der Waals surface area contributed by atoms with E-state index in [1.54, 1.807) is 12.1 Å². The molecule has 0 aromatic heterocycles. The number of benzene rings is 2. The molecule has 40 heavy (non-hydrogen) atoms. The van der Waals surface area contributed by atoms with Crippen LogP contribution in [0.3, 0.4) is 0 Å². The average molecular weight is 622 g/mol. The average Bonchev–Trinajstić information content (AvgIpc) is 3.40. The summed E-state index contributed by atoms with van der Waals surface area (Å²) in [6.07, 6.45) is 11.4. The van der Waals surface area contributed by atoms with Gasteiger partial charge in [-0.2, -0.15) is 0 Å². The first kappa shape index (κ1) is 31.3. The standard InChI is InChI=1S/C32H38Cl2O4S2/c1-5-7-9-11-13-19(3)37-25-17-27-21(15-23(25)33)29(35)31(39-27)32-30(36)22-16-24(34)26(18-28(22)40-32)38-20(4)14-12-10-8-6-2/h15-20H,5-14H2,1-4H3/b32-31+/t19-,20-/m1/s1. The summed E-state index contributed by atoms with van der Waals surface area (Å²) in [5.74, 6) is 0.767. The van der Waals surface area contributed by atoms with Crippen LogP contribution in [0.15, 0.2) is 43.9 Å². The van der Waals surface area contributed by atoms with E-state index >= 15 is 0 Å². The summed E-state index contributed by atoms with van der Waals surface area (Å²) in [5, 5.41) is 0.816. The van der Waals surface area contributed by atoms with Gasteiger partial charge in [0.25, 0.3) is 0 Å². The van der Waals surface area contributed by atoms with Crippen LogP contribution in [0.2, 0.25) is 10.0 Å². The van der Waals surface area contributed by atoms with Gasteiger partial charge >= 0.3 is 0 Å². The topological polar surface area (TPSA) is 52.6 Å². The minimum atomic E-state index is -0.187. The Labute approximate surface area is 256 Å². The maximum atomic E-state index is 13.4. The number of carbonyl (C=O) groups excluding carboxylic acids is 2. The van der Waals surface area contributed by atoms with Crippen LogP contribution in [-0.2, 0) is 0 Å². The lowest BCUT2D eigenvalue weighted by Crippen LogP contribution is -2.12. The van der Waals surface area contributed by atoms with Gasteiger partial charge in [0.1, 0.15) is 11.5 Å². The number of halogens is 2. The second-order valence-electron chi connectivity index (χ2n) is 10.6. The number of Topliss-reactive ketones (excluding diaryl/α,β-unsaturated/α-hetero) is 2. The number of fused-ring (bicyclic) bond motifs is 2. The lowest BCUT2D eigenvalue weighted by atomic mass is 10.1. The maximum absolute atomic E-state index is 13.4. The van der Waals surface area contributed by atoms with Crippen molar-refractivity contribution in [1.29, 1.82) is 0 Å². The Morgan fingerprint density at radius 3 is 1.43 bits per heavy atom. The SMILES string of the molecule is CCCCCC[C@@H](C)Oc1cc2c(cc1Cl)C(=O)/C(=C1\Sc3cc(O[C@H](C)CCCCCC)c(Cl)cc3C1=O)S2. The lowest BCUT2D eigenvalue weighted by Gasteiger charge is -2.16. The molecular formula is C32H38Cl2O4S2. The molecule has 2 aliphatic rings. The molecule has 216 valence electrons. The fourth-order valence-electron chi connectivity index (χ4n) is 4.90. The molecule has 8 heteroatoms. The monoisotopic (exact) mass is 620 g/mol. The summed E-state index contributed by atoms with van der Waals surface area (Å²) in [6, 6.07) is 7.00. The zero-order valence-corrected chi connectivity index (χ0v) is 26.9. The predicted octanol–water partition coefficient (Wildman–Crippen LogP) is 11.0. The first-order valence-corrected chi connectivity index (χ1v) is 16.8. The van der Waals surface area contributed by atoms with Crippen LogP contribution in [0.25, 0.3) is 0 Å². The van der Waals surface area contributed by atoms with Crippen molar-refractivity contribution in [1.82, 2.24) is 0 Å². The van der Waals surface area contributed by atoms with E-state index in [4.69, 9.17) is 32.7 Å². The lowest BCUT2D eigenvalue weighted by molar-refractivity contribution is 0.101. The summed E-state index contributed by atoms with van der Waals surface area (Å²) < 4.78 is 12.3. The smallest absolute Gasteiger partial charge is 0.202 e. The van der Waals surface area contributed by atoms with Crippen LogP contribution in [0.5, 0.6) is 11.5 Å². The highest BCUT2D eigenvalue weighted by molar-refractivity contribution is 8.08. The second-order valence-corrected chi connectivity index (χ2v) is 13.6. The summed E-state index contributed by atoms with van der Waals surface area (Å²) in [4.78, 5) is 29.2. The van der Waals surface area contributed by atoms with Gasteiger partial charge in [-0.3, -0.25) is 9.59 Å². The molecule has 0 saturated carbocycles. The molecule has 0 fully saturated rings. The third-order valence-corrected chi connectivity index (χ3v) is 10.2. The largest absolute Gasteiger partial charge is 0.489 e. The molecule has 2 aliphatic heterocycles. The van der Waals surface area contributed by atoms with E-state index < -0.39 is 0 Å². The Morgan fingerprint density at radius 1 is 0.650 bits per heavy atom. The first-order chi connectivity index (χ1) is 19.2. The molecular weight excluding hydrogens is 583 g/mol. The Morgan fingerprint density at radius 2 is 1.05 bits per heavy atom. The first-order valence-electron chi connectivity index (χ1n) is 14.4. The number of thioether (sulfide) groups is 2. The molecule has 2 atom stereocenters. The number of allylic oxidation sites excluding steroid dienone is 2. The molecule has 0 N–H and O–H groups in total. The zero-order chi connectivity index (χ0) is 28.8. The minimum Gasteiger partial charge on any atom is -0.489 e. The van der Waals surface area contributed by atoms with E-state index in [0.29, 0.717) is 42.5 Å². The molecule has 0 unspecified atom stereocenters. The summed E-state index contributed by atoms with van der Waals surface area (Å²) in [7, 11) is 0. The molecule has 0 bridgehead atoms. The molecule has 0 aliphatic carbocycles. The van der Waals surface area contributed by atoms with E-state index in [9.17, 15) is 9.59 Å². The molecule has 0 amide bonds. The molecule has 0 radical (unpaired) electrons. The summed E-state index contributed by atoms with van der Waals surface area (Å²) >= 11 is 15.7. The highest BCUT2D eigenvalue weighted by atomic mass is 35.5. The number of ether oxygens (including phenoxy) is 2. The summed E-state index contributed by atoms with van der Waals surface area (Å²) in [6.45, 7) is 8.48. The van der Waals surface area contributed by atoms with Crippen molar-refractivity contribution < 1.29 is 19.1 Å². The quantitative estimate of drug-likeness (QED) is 0.155. The third kappa shape index (κ3) is 7.42. The molecule has 4 nitrogen and oxygen atoms in total. The zero-order valence-electron chi connectivity index (χ0n) is 23.7. The number of rotatable bonds is 14. The number of ketones is 2. The van der Waals surface area contributed by atoms with Gasteiger partial charge in [-0.25, -0.2) is 0 Å². The van der Waals surface area contributed by atoms with Crippen LogP contribution in [0, 0.1) is 0 Å². The maximum Gasteiger partial charge on any atom is 0.202 e. The molecule has 2 aromatic rings. The van der Waals surface area contributed by atoms with Gasteiger partial charge in [0.05, 0.1) is 32.1 Å². The Balaban J connectivity index is 1.48. The van der Waals surface area contributed by atoms with Gasteiger partial charge in [-0.05, 0) is 63.8 Å². The van der Waals surface area contributed by atoms with Crippen LogP contribution < -0.4 is 9.47 Å². The number of unbranched alkanes of at least 4 members (excludes halogenated alkanes) is 6. The van der Waals surface area contributed by atoms with Gasteiger partial charge in [-0.15, -0.1) is 0 Å². The van der Waals surface area contributed by atoms with Crippen molar-refractivity contribution in [3.8, 4) is 11.5 Å². The van der Waals surface area contributed by atoms with Gasteiger partial charge in [0.15, 0.2) is 0 Å². The Bertz CT molecular complexity index is 1190. The van der Waals surface area contributed by atoms with Crippen LogP contribution in [0.4, 0.5) is 0 Å². The van der Waals surface area contributed by atoms with E-state index in [1.165, 1.54) is 62.0 Å². The highest BCUT2D eigenvalue weighted by Gasteiger charge is 2.37. The van der Waals surface area contributed by atoms with Crippen LogP contribution in [-0.4, -0.2) is 23.8 Å². The van der Waals surface area contributed by atoms with Crippen LogP contribution in [0.1, 0.15) is 113 Å². The number of hydrogen-bond donors (Lipinski definition) is 0. The fourth-order valence-corrected chi connectivity index (χ4v) is 7.64. The number of carbonyl (C=O) groups is 2. The van der Waals surface area contributed by atoms with Crippen molar-refractivity contribution in [2.45, 2.75) is 114 Å². The van der Waals surface area contributed by atoms with Gasteiger partial charge in [0.2, 0.25) is 11.6 Å². The molecule has 0 saturated heterocycles. The van der Waals surface area contributed by atoms with Crippen molar-refractivity contribution in [3.63, 3.8) is 0 Å². The molecule has 2 heterocycles. The van der Waals surface area contributed by atoms with Gasteiger partial charge in [-0.1, -0.05) is 99.1 Å². The predicted molar refractivity (Wildman–Crippen MR) is 168 cm³/mol. The summed E-state index contributed by atoms with van der Waals surface area (Å²) in [5.41, 5.74) is 1.01. The van der Waals surface area contributed by atoms with Crippen molar-refractivity contribution in [3.05, 3.63) is 55.2 Å². The second kappa shape index (κ2) is 14.5. The van der Waals surface area contributed by atoms with Gasteiger partial charge < -0.3 is 9.47 Å². The minimum absolute atomic E-state index is 0.0222. The highest BCUT2D eigenvalue weighted by Crippen LogP contribution is 2.52. The third-order valence-electron chi connectivity index (χ3n) is 7.18. The normalized spacial score (nSPS) is 17.6.